The lowest BCUT2D eigenvalue weighted by atomic mass is 9.98. The third-order valence-electron chi connectivity index (χ3n) is 2.19. The zero-order chi connectivity index (χ0) is 12.1. The molecule has 0 aromatic heterocycles. The first kappa shape index (κ1) is 12.0. The summed E-state index contributed by atoms with van der Waals surface area (Å²) < 4.78 is 0. The van der Waals surface area contributed by atoms with Gasteiger partial charge in [0.25, 0.3) is 0 Å². The van der Waals surface area contributed by atoms with E-state index in [2.05, 4.69) is 6.58 Å². The smallest absolute Gasteiger partial charge is 0.322 e. The maximum Gasteiger partial charge on any atom is 0.322 e. The molecule has 0 saturated heterocycles. The SMILES string of the molecule is C=CCc1ccc(C(C(=O)O)C(=O)O)cc1. The van der Waals surface area contributed by atoms with Crippen molar-refractivity contribution >= 4 is 11.9 Å². The summed E-state index contributed by atoms with van der Waals surface area (Å²) in [6.07, 6.45) is 2.39. The Balaban J connectivity index is 2.98. The van der Waals surface area contributed by atoms with Gasteiger partial charge in [0.2, 0.25) is 0 Å². The lowest BCUT2D eigenvalue weighted by Crippen LogP contribution is -2.20. The highest BCUT2D eigenvalue weighted by Gasteiger charge is 2.27. The van der Waals surface area contributed by atoms with Crippen LogP contribution in [0.5, 0.6) is 0 Å². The van der Waals surface area contributed by atoms with E-state index in [1.165, 1.54) is 12.1 Å². The van der Waals surface area contributed by atoms with E-state index >= 15 is 0 Å². The van der Waals surface area contributed by atoms with Crippen molar-refractivity contribution in [1.82, 2.24) is 0 Å². The van der Waals surface area contributed by atoms with Gasteiger partial charge in [-0.3, -0.25) is 9.59 Å². The molecule has 0 atom stereocenters. The summed E-state index contributed by atoms with van der Waals surface area (Å²) in [5.74, 6) is -4.22. The Bertz CT molecular complexity index is 392. The summed E-state index contributed by atoms with van der Waals surface area (Å²) >= 11 is 0. The fraction of sp³-hybridized carbons (Fsp3) is 0.167. The van der Waals surface area contributed by atoms with E-state index in [-0.39, 0.29) is 5.56 Å². The van der Waals surface area contributed by atoms with Crippen molar-refractivity contribution in [2.45, 2.75) is 12.3 Å². The molecule has 0 aliphatic heterocycles. The first-order valence-electron chi connectivity index (χ1n) is 4.71. The minimum Gasteiger partial charge on any atom is -0.480 e. The number of benzene rings is 1. The fourth-order valence-corrected chi connectivity index (χ4v) is 1.40. The van der Waals surface area contributed by atoms with E-state index in [1.54, 1.807) is 18.2 Å². The zero-order valence-electron chi connectivity index (χ0n) is 8.59. The van der Waals surface area contributed by atoms with Crippen molar-refractivity contribution in [3.63, 3.8) is 0 Å². The molecule has 0 heterocycles. The molecule has 0 aliphatic carbocycles. The van der Waals surface area contributed by atoms with Gasteiger partial charge in [0.15, 0.2) is 5.92 Å². The fourth-order valence-electron chi connectivity index (χ4n) is 1.40. The van der Waals surface area contributed by atoms with Crippen molar-refractivity contribution < 1.29 is 19.8 Å². The lowest BCUT2D eigenvalue weighted by molar-refractivity contribution is -0.150. The minimum atomic E-state index is -1.50. The number of hydrogen-bond donors (Lipinski definition) is 2. The number of carboxylic acid groups (broad SMARTS) is 2. The van der Waals surface area contributed by atoms with Crippen LogP contribution >= 0.6 is 0 Å². The zero-order valence-corrected chi connectivity index (χ0v) is 8.59. The summed E-state index contributed by atoms with van der Waals surface area (Å²) in [5.41, 5.74) is 1.24. The molecule has 4 nitrogen and oxygen atoms in total. The number of rotatable bonds is 5. The van der Waals surface area contributed by atoms with Crippen molar-refractivity contribution in [3.8, 4) is 0 Å². The van der Waals surface area contributed by atoms with Gasteiger partial charge in [-0.05, 0) is 17.5 Å². The molecule has 0 fully saturated rings. The van der Waals surface area contributed by atoms with Crippen LogP contribution < -0.4 is 0 Å². The predicted octanol–water partition coefficient (Wildman–Crippen LogP) is 1.67. The maximum atomic E-state index is 10.8. The van der Waals surface area contributed by atoms with Gasteiger partial charge in [-0.15, -0.1) is 6.58 Å². The maximum absolute atomic E-state index is 10.8. The van der Waals surface area contributed by atoms with E-state index in [9.17, 15) is 9.59 Å². The first-order valence-corrected chi connectivity index (χ1v) is 4.71. The van der Waals surface area contributed by atoms with Crippen LogP contribution in [-0.4, -0.2) is 22.2 Å². The van der Waals surface area contributed by atoms with Gasteiger partial charge < -0.3 is 10.2 Å². The number of hydrogen-bond acceptors (Lipinski definition) is 2. The van der Waals surface area contributed by atoms with Crippen LogP contribution in [0.4, 0.5) is 0 Å². The van der Waals surface area contributed by atoms with Gasteiger partial charge in [-0.2, -0.15) is 0 Å². The van der Waals surface area contributed by atoms with Gasteiger partial charge in [0.1, 0.15) is 0 Å². The Kier molecular flexibility index (Phi) is 3.83. The normalized spacial score (nSPS) is 10.1. The van der Waals surface area contributed by atoms with Gasteiger partial charge in [-0.25, -0.2) is 0 Å². The molecule has 1 aromatic carbocycles. The van der Waals surface area contributed by atoms with E-state index in [4.69, 9.17) is 10.2 Å². The first-order chi connectivity index (χ1) is 7.56. The third kappa shape index (κ3) is 2.70. The molecular formula is C12H12O4. The Morgan fingerprint density at radius 3 is 2.06 bits per heavy atom. The average molecular weight is 220 g/mol. The summed E-state index contributed by atoms with van der Waals surface area (Å²) in [6, 6.07) is 6.45. The minimum absolute atomic E-state index is 0.271. The van der Waals surface area contributed by atoms with Crippen molar-refractivity contribution in [2.75, 3.05) is 0 Å². The molecule has 4 heteroatoms. The molecule has 1 rings (SSSR count). The van der Waals surface area contributed by atoms with Crippen LogP contribution in [0, 0.1) is 0 Å². The standard InChI is InChI=1S/C12H12O4/c1-2-3-8-4-6-9(7-5-8)10(11(13)14)12(15)16/h2,4-7,10H,1,3H2,(H,13,14)(H,15,16). The summed E-state index contributed by atoms with van der Waals surface area (Å²) in [4.78, 5) is 21.5. The molecule has 0 spiro atoms. The van der Waals surface area contributed by atoms with Crippen LogP contribution in [0.25, 0.3) is 0 Å². The second-order valence-corrected chi connectivity index (χ2v) is 3.34. The second-order valence-electron chi connectivity index (χ2n) is 3.34. The van der Waals surface area contributed by atoms with Gasteiger partial charge in [0, 0.05) is 0 Å². The number of aliphatic carboxylic acids is 2. The van der Waals surface area contributed by atoms with Crippen molar-refractivity contribution in [3.05, 3.63) is 48.0 Å². The number of carbonyl (C=O) groups is 2. The molecule has 0 bridgehead atoms. The van der Waals surface area contributed by atoms with Crippen LogP contribution in [0.3, 0.4) is 0 Å². The Morgan fingerprint density at radius 2 is 1.69 bits per heavy atom. The van der Waals surface area contributed by atoms with Crippen molar-refractivity contribution in [1.29, 1.82) is 0 Å². The van der Waals surface area contributed by atoms with E-state index in [1.807, 2.05) is 0 Å². The summed E-state index contributed by atoms with van der Waals surface area (Å²) in [6.45, 7) is 3.58. The Labute approximate surface area is 92.8 Å². The Morgan fingerprint density at radius 1 is 1.19 bits per heavy atom. The second kappa shape index (κ2) is 5.11. The monoisotopic (exact) mass is 220 g/mol. The molecule has 2 N–H and O–H groups in total. The molecule has 0 radical (unpaired) electrons. The van der Waals surface area contributed by atoms with E-state index < -0.39 is 17.9 Å². The summed E-state index contributed by atoms with van der Waals surface area (Å²) in [7, 11) is 0. The van der Waals surface area contributed by atoms with E-state index in [0.29, 0.717) is 6.42 Å². The van der Waals surface area contributed by atoms with Crippen LogP contribution in [0.2, 0.25) is 0 Å². The topological polar surface area (TPSA) is 74.6 Å². The molecule has 0 amide bonds. The molecule has 1 aromatic rings. The quantitative estimate of drug-likeness (QED) is 0.584. The van der Waals surface area contributed by atoms with Crippen molar-refractivity contribution in [2.24, 2.45) is 0 Å². The molecular weight excluding hydrogens is 208 g/mol. The third-order valence-corrected chi connectivity index (χ3v) is 2.19. The largest absolute Gasteiger partial charge is 0.480 e. The number of carboxylic acids is 2. The van der Waals surface area contributed by atoms with Crippen LogP contribution in [-0.2, 0) is 16.0 Å². The Hall–Kier alpha value is -2.10. The molecule has 0 unspecified atom stereocenters. The molecule has 0 saturated carbocycles. The highest BCUT2D eigenvalue weighted by molar-refractivity contribution is 5.98. The molecule has 84 valence electrons. The number of allylic oxidation sites excluding steroid dienone is 1. The predicted molar refractivity (Wildman–Crippen MR) is 58.4 cm³/mol. The highest BCUT2D eigenvalue weighted by Crippen LogP contribution is 2.17. The highest BCUT2D eigenvalue weighted by atomic mass is 16.4. The van der Waals surface area contributed by atoms with E-state index in [0.717, 1.165) is 5.56 Å². The lowest BCUT2D eigenvalue weighted by Gasteiger charge is -2.08. The summed E-state index contributed by atoms with van der Waals surface area (Å²) in [5, 5.41) is 17.5. The average Bonchev–Trinajstić information content (AvgIpc) is 2.20. The van der Waals surface area contributed by atoms with Gasteiger partial charge in [0.05, 0.1) is 0 Å². The molecule has 16 heavy (non-hydrogen) atoms. The van der Waals surface area contributed by atoms with Gasteiger partial charge in [-0.1, -0.05) is 30.3 Å². The molecule has 0 aliphatic rings. The van der Waals surface area contributed by atoms with Gasteiger partial charge >= 0.3 is 11.9 Å². The van der Waals surface area contributed by atoms with Crippen LogP contribution in [0.1, 0.15) is 17.0 Å². The van der Waals surface area contributed by atoms with Crippen LogP contribution in [0.15, 0.2) is 36.9 Å².